The number of aromatic hydroxyl groups is 1. The van der Waals surface area contributed by atoms with Crippen LogP contribution in [0.2, 0.25) is 0 Å². The number of aromatic nitrogens is 2. The molecule has 0 amide bonds. The van der Waals surface area contributed by atoms with Gasteiger partial charge in [0.05, 0.1) is 11.1 Å². The number of benzene rings is 1. The van der Waals surface area contributed by atoms with E-state index in [-0.39, 0.29) is 11.3 Å². The van der Waals surface area contributed by atoms with E-state index in [4.69, 9.17) is 5.11 Å². The molecule has 1 heterocycles. The Morgan fingerprint density at radius 1 is 1.50 bits per heavy atom. The molecule has 1 aromatic heterocycles. The molecule has 0 fully saturated rings. The quantitative estimate of drug-likeness (QED) is 0.804. The minimum absolute atomic E-state index is 0.0654. The first-order valence-electron chi connectivity index (χ1n) is 4.96. The maximum Gasteiger partial charge on any atom is 0.335 e. The number of fused-ring (bicyclic) bond motifs is 1. The maximum absolute atomic E-state index is 10.8. The van der Waals surface area contributed by atoms with Crippen LogP contribution >= 0.6 is 0 Å². The fourth-order valence-corrected chi connectivity index (χ4v) is 1.76. The average molecular weight is 220 g/mol. The van der Waals surface area contributed by atoms with Crippen molar-refractivity contribution in [1.29, 1.82) is 0 Å². The summed E-state index contributed by atoms with van der Waals surface area (Å²) in [5, 5.41) is 18.6. The van der Waals surface area contributed by atoms with Gasteiger partial charge in [0.25, 0.3) is 0 Å². The summed E-state index contributed by atoms with van der Waals surface area (Å²) in [6.07, 6.45) is 0.729. The van der Waals surface area contributed by atoms with Gasteiger partial charge in [-0.1, -0.05) is 6.92 Å². The van der Waals surface area contributed by atoms with Gasteiger partial charge in [-0.15, -0.1) is 0 Å². The molecule has 0 atom stereocenters. The summed E-state index contributed by atoms with van der Waals surface area (Å²) in [5.41, 5.74) is 1.15. The fourth-order valence-electron chi connectivity index (χ4n) is 1.76. The second-order valence-corrected chi connectivity index (χ2v) is 3.61. The van der Waals surface area contributed by atoms with Crippen molar-refractivity contribution < 1.29 is 15.0 Å². The Kier molecular flexibility index (Phi) is 2.30. The summed E-state index contributed by atoms with van der Waals surface area (Å²) in [7, 11) is 1.80. The van der Waals surface area contributed by atoms with Gasteiger partial charge >= 0.3 is 5.97 Å². The number of nitrogens with zero attached hydrogens (tertiary/aromatic N) is 2. The number of imidazole rings is 1. The van der Waals surface area contributed by atoms with Crippen molar-refractivity contribution in [3.05, 3.63) is 23.5 Å². The molecule has 2 rings (SSSR count). The van der Waals surface area contributed by atoms with Gasteiger partial charge < -0.3 is 14.8 Å². The van der Waals surface area contributed by atoms with Crippen molar-refractivity contribution in [3.63, 3.8) is 0 Å². The molecule has 84 valence electrons. The Balaban J connectivity index is 2.80. The minimum atomic E-state index is -1.06. The Morgan fingerprint density at radius 2 is 2.19 bits per heavy atom. The Morgan fingerprint density at radius 3 is 2.75 bits per heavy atom. The number of hydrogen-bond donors (Lipinski definition) is 2. The van der Waals surface area contributed by atoms with E-state index in [2.05, 4.69) is 4.98 Å². The maximum atomic E-state index is 10.8. The van der Waals surface area contributed by atoms with Gasteiger partial charge in [-0.05, 0) is 12.1 Å². The van der Waals surface area contributed by atoms with E-state index in [1.165, 1.54) is 12.1 Å². The van der Waals surface area contributed by atoms with Gasteiger partial charge in [0.2, 0.25) is 0 Å². The number of carbonyl (C=O) groups is 1. The van der Waals surface area contributed by atoms with Crippen molar-refractivity contribution in [1.82, 2.24) is 9.55 Å². The predicted molar refractivity (Wildman–Crippen MR) is 58.7 cm³/mol. The third-order valence-corrected chi connectivity index (χ3v) is 2.62. The van der Waals surface area contributed by atoms with Crippen LogP contribution in [0.1, 0.15) is 23.1 Å². The molecule has 1 aromatic carbocycles. The lowest BCUT2D eigenvalue weighted by molar-refractivity contribution is 0.0696. The zero-order valence-corrected chi connectivity index (χ0v) is 9.06. The van der Waals surface area contributed by atoms with Crippen LogP contribution in [0.15, 0.2) is 12.1 Å². The third-order valence-electron chi connectivity index (χ3n) is 2.62. The van der Waals surface area contributed by atoms with E-state index < -0.39 is 5.97 Å². The molecule has 2 N–H and O–H groups in total. The van der Waals surface area contributed by atoms with Crippen LogP contribution in [0.5, 0.6) is 5.75 Å². The van der Waals surface area contributed by atoms with Crippen LogP contribution in [0.4, 0.5) is 0 Å². The lowest BCUT2D eigenvalue weighted by Gasteiger charge is -2.00. The number of carboxylic acids is 1. The van der Waals surface area contributed by atoms with Gasteiger partial charge in [-0.2, -0.15) is 0 Å². The molecular weight excluding hydrogens is 208 g/mol. The first-order chi connectivity index (χ1) is 7.54. The van der Waals surface area contributed by atoms with Crippen LogP contribution in [0.3, 0.4) is 0 Å². The Bertz CT molecular complexity index is 572. The largest absolute Gasteiger partial charge is 0.506 e. The SMILES string of the molecule is CCc1nc2c(O)cc(C(=O)O)cc2n1C. The normalized spacial score (nSPS) is 10.9. The van der Waals surface area contributed by atoms with E-state index in [1.54, 1.807) is 11.6 Å². The van der Waals surface area contributed by atoms with Crippen molar-refractivity contribution in [3.8, 4) is 5.75 Å². The summed E-state index contributed by atoms with van der Waals surface area (Å²) in [6.45, 7) is 1.95. The fraction of sp³-hybridized carbons (Fsp3) is 0.273. The van der Waals surface area contributed by atoms with Gasteiger partial charge in [0, 0.05) is 13.5 Å². The van der Waals surface area contributed by atoms with E-state index >= 15 is 0 Å². The number of phenolic OH excluding ortho intramolecular Hbond substituents is 1. The molecule has 0 saturated carbocycles. The lowest BCUT2D eigenvalue weighted by Crippen LogP contribution is -1.98. The first-order valence-corrected chi connectivity index (χ1v) is 4.96. The highest BCUT2D eigenvalue weighted by Gasteiger charge is 2.14. The third kappa shape index (κ3) is 1.41. The van der Waals surface area contributed by atoms with Gasteiger partial charge in [0.1, 0.15) is 17.1 Å². The molecule has 0 aliphatic rings. The molecule has 0 aliphatic heterocycles. The second-order valence-electron chi connectivity index (χ2n) is 3.61. The number of rotatable bonds is 2. The zero-order chi connectivity index (χ0) is 11.9. The summed E-state index contributed by atoms with van der Waals surface area (Å²) >= 11 is 0. The van der Waals surface area contributed by atoms with Crippen molar-refractivity contribution in [2.75, 3.05) is 0 Å². The van der Waals surface area contributed by atoms with E-state index in [0.29, 0.717) is 11.0 Å². The molecule has 0 saturated heterocycles. The van der Waals surface area contributed by atoms with E-state index in [1.807, 2.05) is 6.92 Å². The predicted octanol–water partition coefficient (Wildman–Crippen LogP) is 1.54. The molecule has 0 unspecified atom stereocenters. The van der Waals surface area contributed by atoms with Gasteiger partial charge in [-0.3, -0.25) is 0 Å². The zero-order valence-electron chi connectivity index (χ0n) is 9.06. The second kappa shape index (κ2) is 3.52. The van der Waals surface area contributed by atoms with Crippen LogP contribution in [-0.4, -0.2) is 25.7 Å². The molecule has 0 radical (unpaired) electrons. The highest BCUT2D eigenvalue weighted by Crippen LogP contribution is 2.26. The highest BCUT2D eigenvalue weighted by molar-refractivity contribution is 5.95. The molecule has 16 heavy (non-hydrogen) atoms. The minimum Gasteiger partial charge on any atom is -0.506 e. The number of aryl methyl sites for hydroxylation is 2. The van der Waals surface area contributed by atoms with Crippen LogP contribution in [0, 0.1) is 0 Å². The van der Waals surface area contributed by atoms with Crippen molar-refractivity contribution in [2.45, 2.75) is 13.3 Å². The molecule has 0 bridgehead atoms. The van der Waals surface area contributed by atoms with Crippen LogP contribution < -0.4 is 0 Å². The van der Waals surface area contributed by atoms with Crippen molar-refractivity contribution >= 4 is 17.0 Å². The summed E-state index contributed by atoms with van der Waals surface area (Å²) in [5.74, 6) is -0.338. The number of phenols is 1. The highest BCUT2D eigenvalue weighted by atomic mass is 16.4. The van der Waals surface area contributed by atoms with Crippen LogP contribution in [-0.2, 0) is 13.5 Å². The molecule has 0 aliphatic carbocycles. The standard InChI is InChI=1S/C11H12N2O3/c1-3-9-12-10-7(13(9)2)4-6(11(15)16)5-8(10)14/h4-5,14H,3H2,1-2H3,(H,15,16). The van der Waals surface area contributed by atoms with E-state index in [9.17, 15) is 9.90 Å². The Hall–Kier alpha value is -2.04. The summed E-state index contributed by atoms with van der Waals surface area (Å²) in [6, 6.07) is 2.74. The van der Waals surface area contributed by atoms with Crippen molar-refractivity contribution in [2.24, 2.45) is 7.05 Å². The summed E-state index contributed by atoms with van der Waals surface area (Å²) in [4.78, 5) is 15.1. The Labute approximate surface area is 92.0 Å². The molecule has 0 spiro atoms. The molecule has 5 nitrogen and oxygen atoms in total. The van der Waals surface area contributed by atoms with E-state index in [0.717, 1.165) is 12.2 Å². The number of hydrogen-bond acceptors (Lipinski definition) is 3. The molecular formula is C11H12N2O3. The average Bonchev–Trinajstić information content (AvgIpc) is 2.56. The van der Waals surface area contributed by atoms with Crippen LogP contribution in [0.25, 0.3) is 11.0 Å². The van der Waals surface area contributed by atoms with Gasteiger partial charge in [-0.25, -0.2) is 9.78 Å². The molecule has 2 aromatic rings. The monoisotopic (exact) mass is 220 g/mol. The number of carboxylic acid groups (broad SMARTS) is 1. The first kappa shape index (κ1) is 10.5. The lowest BCUT2D eigenvalue weighted by atomic mass is 10.2. The van der Waals surface area contributed by atoms with Gasteiger partial charge in [0.15, 0.2) is 0 Å². The summed E-state index contributed by atoms with van der Waals surface area (Å²) < 4.78 is 1.79. The topological polar surface area (TPSA) is 75.3 Å². The smallest absolute Gasteiger partial charge is 0.335 e. The molecule has 5 heteroatoms. The number of aromatic carboxylic acids is 1.